The summed E-state index contributed by atoms with van der Waals surface area (Å²) < 4.78 is 24.8. The Morgan fingerprint density at radius 1 is 1.09 bits per heavy atom. The van der Waals surface area contributed by atoms with E-state index in [1.165, 1.54) is 19.1 Å². The van der Waals surface area contributed by atoms with Gasteiger partial charge in [0.05, 0.1) is 18.6 Å². The molecule has 1 aromatic heterocycles. The number of piperidine rings is 1. The zero-order valence-corrected chi connectivity index (χ0v) is 34.5. The Kier molecular flexibility index (Phi) is 18.3. The van der Waals surface area contributed by atoms with E-state index in [9.17, 15) is 33.5 Å². The number of ether oxygens (including phenoxy) is 2. The number of carbonyl (C=O) groups is 5. The zero-order chi connectivity index (χ0) is 40.8. The van der Waals surface area contributed by atoms with Crippen LogP contribution in [0.15, 0.2) is 29.6 Å². The molecule has 1 aliphatic rings. The minimum Gasteiger partial charge on any atom is -0.481 e. The summed E-state index contributed by atoms with van der Waals surface area (Å²) >= 11 is 1.15. The molecule has 3 rings (SSSR count). The van der Waals surface area contributed by atoms with Gasteiger partial charge in [-0.05, 0) is 68.8 Å². The minimum absolute atomic E-state index is 0.0575. The molecule has 1 fully saturated rings. The number of hydrogen-bond acceptors (Lipinski definition) is 10. The van der Waals surface area contributed by atoms with Gasteiger partial charge in [-0.2, -0.15) is 0 Å². The average Bonchev–Trinajstić information content (AvgIpc) is 3.64. The number of hydrogen-bond donors (Lipinski definition) is 2. The van der Waals surface area contributed by atoms with Crippen LogP contribution in [0.5, 0.6) is 0 Å². The standard InChI is InChI=1S/C41H61FN4O8S/c1-9-26(4)32(22-36(48)34-12-10-11-17-45(34)7)40(50)46(18-19-53-8)35(25(2)3)23-37(54-28(6)47)39-44-33(24-55-39)38(49)43-31(20-27(5)41(51)52)21-29-13-15-30(42)16-14-29/h13-16,24-27,31-32,34-35,37H,9-12,17-23H2,1-8H3,(H,43,49)(H,51,52). The Labute approximate surface area is 329 Å². The molecule has 1 aliphatic heterocycles. The summed E-state index contributed by atoms with van der Waals surface area (Å²) in [5.41, 5.74) is 0.799. The lowest BCUT2D eigenvalue weighted by Gasteiger charge is -2.39. The van der Waals surface area contributed by atoms with Crippen molar-refractivity contribution in [2.24, 2.45) is 23.7 Å². The summed E-state index contributed by atoms with van der Waals surface area (Å²) in [4.78, 5) is 74.6. The number of esters is 1. The Hall–Kier alpha value is -3.75. The molecule has 7 atom stereocenters. The second-order valence-corrected chi connectivity index (χ2v) is 16.3. The highest BCUT2D eigenvalue weighted by atomic mass is 32.1. The van der Waals surface area contributed by atoms with Crippen LogP contribution in [0.1, 0.15) is 114 Å². The van der Waals surface area contributed by atoms with Crippen LogP contribution in [-0.2, 0) is 35.1 Å². The zero-order valence-electron chi connectivity index (χ0n) is 33.7. The van der Waals surface area contributed by atoms with Crippen molar-refractivity contribution in [1.29, 1.82) is 0 Å². The van der Waals surface area contributed by atoms with Crippen LogP contribution in [0.25, 0.3) is 0 Å². The number of carboxylic acid groups (broad SMARTS) is 1. The number of nitrogens with one attached hydrogen (secondary N) is 1. The first kappa shape index (κ1) is 45.6. The van der Waals surface area contributed by atoms with Gasteiger partial charge in [0.25, 0.3) is 5.91 Å². The van der Waals surface area contributed by atoms with Gasteiger partial charge in [-0.25, -0.2) is 9.37 Å². The first-order valence-corrected chi connectivity index (χ1v) is 20.4. The Bertz CT molecular complexity index is 1570. The van der Waals surface area contributed by atoms with Crippen molar-refractivity contribution in [3.05, 3.63) is 51.7 Å². The molecule has 2 aromatic rings. The van der Waals surface area contributed by atoms with Crippen LogP contribution in [0.3, 0.4) is 0 Å². The third-order valence-corrected chi connectivity index (χ3v) is 11.7. The van der Waals surface area contributed by atoms with Crippen LogP contribution in [0.4, 0.5) is 4.39 Å². The number of carbonyl (C=O) groups excluding carboxylic acids is 4. The van der Waals surface area contributed by atoms with Gasteiger partial charge < -0.3 is 24.8 Å². The molecule has 2 N–H and O–H groups in total. The van der Waals surface area contributed by atoms with E-state index in [0.717, 1.165) is 42.7 Å². The molecule has 1 aromatic carbocycles. The molecule has 0 aliphatic carbocycles. The summed E-state index contributed by atoms with van der Waals surface area (Å²) in [6.07, 6.45) is 3.38. The molecule has 0 spiro atoms. The van der Waals surface area contributed by atoms with E-state index in [-0.39, 0.29) is 74.1 Å². The van der Waals surface area contributed by atoms with Crippen LogP contribution in [0.2, 0.25) is 0 Å². The number of ketones is 1. The number of nitrogens with zero attached hydrogens (tertiary/aromatic N) is 3. The summed E-state index contributed by atoms with van der Waals surface area (Å²) in [5.74, 6) is -4.00. The predicted molar refractivity (Wildman–Crippen MR) is 209 cm³/mol. The average molecular weight is 789 g/mol. The Balaban J connectivity index is 1.90. The summed E-state index contributed by atoms with van der Waals surface area (Å²) in [5, 5.41) is 14.4. The highest BCUT2D eigenvalue weighted by Crippen LogP contribution is 2.33. The molecular weight excluding hydrogens is 728 g/mol. The van der Waals surface area contributed by atoms with Crippen molar-refractivity contribution in [3.8, 4) is 0 Å². The number of methoxy groups -OCH3 is 1. The first-order chi connectivity index (χ1) is 26.1. The number of halogens is 1. The van der Waals surface area contributed by atoms with Gasteiger partial charge in [-0.15, -0.1) is 11.3 Å². The maximum Gasteiger partial charge on any atom is 0.306 e. The minimum atomic E-state index is -1.00. The number of likely N-dealkylation sites (N-methyl/N-ethyl adjacent to an activating group) is 1. The molecule has 1 saturated heterocycles. The highest BCUT2D eigenvalue weighted by Gasteiger charge is 2.39. The number of thiazole rings is 1. The highest BCUT2D eigenvalue weighted by molar-refractivity contribution is 7.09. The van der Waals surface area contributed by atoms with E-state index in [4.69, 9.17) is 9.47 Å². The Morgan fingerprint density at radius 2 is 1.78 bits per heavy atom. The van der Waals surface area contributed by atoms with Gasteiger partial charge in [0.2, 0.25) is 5.91 Å². The van der Waals surface area contributed by atoms with Crippen LogP contribution >= 0.6 is 11.3 Å². The monoisotopic (exact) mass is 788 g/mol. The van der Waals surface area contributed by atoms with Crippen molar-refractivity contribution in [1.82, 2.24) is 20.1 Å². The van der Waals surface area contributed by atoms with Crippen molar-refractivity contribution in [2.45, 2.75) is 117 Å². The second-order valence-electron chi connectivity index (χ2n) is 15.4. The van der Waals surface area contributed by atoms with E-state index in [1.807, 2.05) is 34.7 Å². The summed E-state index contributed by atoms with van der Waals surface area (Å²) in [7, 11) is 3.54. The molecule has 0 saturated carbocycles. The van der Waals surface area contributed by atoms with Crippen LogP contribution in [-0.4, -0.2) is 101 Å². The molecular formula is C41H61FN4O8S. The van der Waals surface area contributed by atoms with Gasteiger partial charge in [-0.3, -0.25) is 28.9 Å². The molecule has 12 nitrogen and oxygen atoms in total. The van der Waals surface area contributed by atoms with Crippen LogP contribution in [0, 0.1) is 29.5 Å². The van der Waals surface area contributed by atoms with E-state index in [1.54, 1.807) is 36.4 Å². The van der Waals surface area contributed by atoms with Gasteiger partial charge in [0, 0.05) is 56.8 Å². The van der Waals surface area contributed by atoms with Crippen molar-refractivity contribution >= 4 is 40.9 Å². The van der Waals surface area contributed by atoms with E-state index in [0.29, 0.717) is 11.4 Å². The quantitative estimate of drug-likeness (QED) is 0.129. The predicted octanol–water partition coefficient (Wildman–Crippen LogP) is 6.33. The van der Waals surface area contributed by atoms with Crippen molar-refractivity contribution in [3.63, 3.8) is 0 Å². The third-order valence-electron chi connectivity index (χ3n) is 10.8. The van der Waals surface area contributed by atoms with Gasteiger partial charge in [0.1, 0.15) is 16.5 Å². The number of benzene rings is 1. The molecule has 0 bridgehead atoms. The topological polar surface area (TPSA) is 155 Å². The second kappa shape index (κ2) is 22.1. The lowest BCUT2D eigenvalue weighted by atomic mass is 9.82. The third kappa shape index (κ3) is 13.7. The SMILES string of the molecule is CCC(C)C(CC(=O)C1CCCCN1C)C(=O)N(CCOC)C(CC(OC(C)=O)c1nc(C(=O)NC(Cc2ccc(F)cc2)CC(C)C(=O)O)cs1)C(C)C. The van der Waals surface area contributed by atoms with E-state index >= 15 is 0 Å². The number of aromatic nitrogens is 1. The fourth-order valence-electron chi connectivity index (χ4n) is 7.30. The fraction of sp³-hybridized carbons (Fsp3) is 0.659. The molecule has 0 radical (unpaired) electrons. The summed E-state index contributed by atoms with van der Waals surface area (Å²) in [6.45, 7) is 12.2. The Morgan fingerprint density at radius 3 is 2.36 bits per heavy atom. The normalized spacial score (nSPS) is 18.1. The number of likely N-dealkylation sites (tertiary alicyclic amines) is 1. The van der Waals surface area contributed by atoms with E-state index in [2.05, 4.69) is 15.2 Å². The summed E-state index contributed by atoms with van der Waals surface area (Å²) in [6, 6.07) is 4.57. The fourth-order valence-corrected chi connectivity index (χ4v) is 8.14. The lowest BCUT2D eigenvalue weighted by molar-refractivity contribution is -0.150. The van der Waals surface area contributed by atoms with E-state index < -0.39 is 53.7 Å². The largest absolute Gasteiger partial charge is 0.481 e. The maximum atomic E-state index is 14.7. The molecule has 306 valence electrons. The van der Waals surface area contributed by atoms with Gasteiger partial charge >= 0.3 is 11.9 Å². The number of carboxylic acids is 1. The van der Waals surface area contributed by atoms with Gasteiger partial charge in [-0.1, -0.05) is 59.6 Å². The number of amides is 2. The molecule has 14 heteroatoms. The smallest absolute Gasteiger partial charge is 0.306 e. The first-order valence-electron chi connectivity index (χ1n) is 19.5. The number of Topliss-reactive ketones (excluding diaryl/α,β-unsaturated/α-hetero) is 1. The molecule has 2 amide bonds. The number of aliphatic carboxylic acids is 1. The maximum absolute atomic E-state index is 14.7. The molecule has 7 unspecified atom stereocenters. The lowest BCUT2D eigenvalue weighted by Crippen LogP contribution is -2.50. The van der Waals surface area contributed by atoms with Crippen molar-refractivity contribution < 1.29 is 42.9 Å². The molecule has 2 heterocycles. The van der Waals surface area contributed by atoms with Gasteiger partial charge in [0.15, 0.2) is 11.9 Å². The van der Waals surface area contributed by atoms with Crippen LogP contribution < -0.4 is 5.32 Å². The van der Waals surface area contributed by atoms with Crippen molar-refractivity contribution in [2.75, 3.05) is 33.9 Å². The molecule has 55 heavy (non-hydrogen) atoms. The number of rotatable bonds is 22.